The molecule has 88 valence electrons. The molecule has 3 N–H and O–H groups in total. The number of nitrogens with one attached hydrogen (secondary N) is 1. The van der Waals surface area contributed by atoms with Crippen LogP contribution in [-0.4, -0.2) is 16.1 Å². The minimum absolute atomic E-state index is 0.385. The van der Waals surface area contributed by atoms with Gasteiger partial charge in [0.2, 0.25) is 0 Å². The average Bonchev–Trinajstić information content (AvgIpc) is 2.30. The molecule has 0 spiro atoms. The maximum absolute atomic E-state index is 11.8. The first kappa shape index (κ1) is 11.3. The van der Waals surface area contributed by atoms with Gasteiger partial charge in [0, 0.05) is 18.2 Å². The zero-order valence-corrected chi connectivity index (χ0v) is 9.22. The lowest BCUT2D eigenvalue weighted by atomic mass is 10.2. The number of nitrogens with zero attached hydrogens (tertiary/aromatic N) is 1. The maximum Gasteiger partial charge on any atom is 0.333 e. The van der Waals surface area contributed by atoms with Crippen LogP contribution in [-0.2, 0) is 6.42 Å². The predicted molar refractivity (Wildman–Crippen MR) is 65.4 cm³/mol. The Balaban J connectivity index is 2.68. The number of aromatic nitrogens is 2. The van der Waals surface area contributed by atoms with Gasteiger partial charge < -0.3 is 5.73 Å². The molecule has 0 saturated carbocycles. The van der Waals surface area contributed by atoms with Gasteiger partial charge in [-0.05, 0) is 18.7 Å². The first-order chi connectivity index (χ1) is 8.22. The predicted octanol–water partition coefficient (Wildman–Crippen LogP) is 0.0270. The normalized spacial score (nSPS) is 10.4. The second kappa shape index (κ2) is 4.80. The lowest BCUT2D eigenvalue weighted by molar-refractivity contribution is 0.792. The van der Waals surface area contributed by atoms with E-state index >= 15 is 0 Å². The lowest BCUT2D eigenvalue weighted by Crippen LogP contribution is -2.31. The number of nitrogens with two attached hydrogens (primary N) is 1. The molecular weight excluding hydrogens is 218 g/mol. The summed E-state index contributed by atoms with van der Waals surface area (Å²) < 4.78 is 1.47. The van der Waals surface area contributed by atoms with Crippen molar-refractivity contribution in [3.8, 4) is 5.69 Å². The zero-order chi connectivity index (χ0) is 12.3. The molecule has 2 aromatic rings. The topological polar surface area (TPSA) is 80.9 Å². The van der Waals surface area contributed by atoms with Crippen molar-refractivity contribution >= 4 is 0 Å². The van der Waals surface area contributed by atoms with E-state index in [0.717, 1.165) is 5.69 Å². The summed E-state index contributed by atoms with van der Waals surface area (Å²) in [6.07, 6.45) is 0.480. The third-order valence-electron chi connectivity index (χ3n) is 2.43. The summed E-state index contributed by atoms with van der Waals surface area (Å²) in [5.41, 5.74) is 5.98. The fourth-order valence-electron chi connectivity index (χ4n) is 1.74. The van der Waals surface area contributed by atoms with Gasteiger partial charge in [-0.25, -0.2) is 4.79 Å². The molecule has 0 aliphatic rings. The van der Waals surface area contributed by atoms with E-state index in [1.807, 2.05) is 18.2 Å². The van der Waals surface area contributed by atoms with E-state index < -0.39 is 11.2 Å². The molecule has 1 aromatic carbocycles. The molecule has 0 amide bonds. The van der Waals surface area contributed by atoms with Gasteiger partial charge in [-0.15, -0.1) is 0 Å². The SMILES string of the molecule is NCCc1cc(=O)[nH]c(=O)n1-c1ccccc1. The molecule has 17 heavy (non-hydrogen) atoms. The molecule has 1 aromatic heterocycles. The highest BCUT2D eigenvalue weighted by atomic mass is 16.2. The van der Waals surface area contributed by atoms with E-state index in [1.165, 1.54) is 10.6 Å². The Hall–Kier alpha value is -2.14. The standard InChI is InChI=1S/C12H13N3O2/c13-7-6-10-8-11(16)14-12(17)15(10)9-4-2-1-3-5-9/h1-5,8H,6-7,13H2,(H,14,16,17). The molecule has 1 heterocycles. The van der Waals surface area contributed by atoms with E-state index in [2.05, 4.69) is 4.98 Å². The van der Waals surface area contributed by atoms with E-state index in [0.29, 0.717) is 18.7 Å². The molecule has 5 heteroatoms. The fraction of sp³-hybridized carbons (Fsp3) is 0.167. The molecule has 0 bridgehead atoms. The molecule has 0 saturated heterocycles. The fourth-order valence-corrected chi connectivity index (χ4v) is 1.74. The summed E-state index contributed by atoms with van der Waals surface area (Å²) in [7, 11) is 0. The van der Waals surface area contributed by atoms with Gasteiger partial charge in [-0.2, -0.15) is 0 Å². The van der Waals surface area contributed by atoms with Gasteiger partial charge in [-0.1, -0.05) is 18.2 Å². The smallest absolute Gasteiger partial charge is 0.330 e. The third-order valence-corrected chi connectivity index (χ3v) is 2.43. The first-order valence-electron chi connectivity index (χ1n) is 5.33. The molecular formula is C12H13N3O2. The van der Waals surface area contributed by atoms with Crippen LogP contribution in [0.4, 0.5) is 0 Å². The van der Waals surface area contributed by atoms with Crippen LogP contribution in [0.5, 0.6) is 0 Å². The summed E-state index contributed by atoms with van der Waals surface area (Å²) in [5.74, 6) is 0. The van der Waals surface area contributed by atoms with Crippen LogP contribution in [0.1, 0.15) is 5.69 Å². The van der Waals surface area contributed by atoms with Crippen molar-refractivity contribution in [1.82, 2.24) is 9.55 Å². The number of hydrogen-bond acceptors (Lipinski definition) is 3. The summed E-state index contributed by atoms with van der Waals surface area (Å²) in [6.45, 7) is 0.385. The van der Waals surface area contributed by atoms with Gasteiger partial charge >= 0.3 is 5.69 Å². The van der Waals surface area contributed by atoms with Crippen molar-refractivity contribution in [1.29, 1.82) is 0 Å². The van der Waals surface area contributed by atoms with Gasteiger partial charge in [0.1, 0.15) is 0 Å². The number of para-hydroxylation sites is 1. The lowest BCUT2D eigenvalue weighted by Gasteiger charge is -2.10. The monoisotopic (exact) mass is 231 g/mol. The summed E-state index contributed by atoms with van der Waals surface area (Å²) >= 11 is 0. The van der Waals surface area contributed by atoms with Gasteiger partial charge in [-0.3, -0.25) is 14.3 Å². The second-order valence-electron chi connectivity index (χ2n) is 3.64. The van der Waals surface area contributed by atoms with E-state index in [1.54, 1.807) is 12.1 Å². The molecule has 0 radical (unpaired) electrons. The Kier molecular flexibility index (Phi) is 3.20. The third kappa shape index (κ3) is 2.34. The number of aromatic amines is 1. The maximum atomic E-state index is 11.8. The Morgan fingerprint density at radius 1 is 1.18 bits per heavy atom. The van der Waals surface area contributed by atoms with Crippen molar-refractivity contribution in [3.63, 3.8) is 0 Å². The summed E-state index contributed by atoms with van der Waals surface area (Å²) in [4.78, 5) is 25.3. The largest absolute Gasteiger partial charge is 0.333 e. The van der Waals surface area contributed by atoms with Crippen molar-refractivity contribution in [2.75, 3.05) is 6.54 Å². The quantitative estimate of drug-likeness (QED) is 0.781. The van der Waals surface area contributed by atoms with Crippen LogP contribution in [0.3, 0.4) is 0 Å². The molecule has 5 nitrogen and oxygen atoms in total. The minimum Gasteiger partial charge on any atom is -0.330 e. The molecule has 0 atom stereocenters. The van der Waals surface area contributed by atoms with Crippen molar-refractivity contribution < 1.29 is 0 Å². The number of H-pyrrole nitrogens is 1. The van der Waals surface area contributed by atoms with E-state index in [9.17, 15) is 9.59 Å². The highest BCUT2D eigenvalue weighted by Crippen LogP contribution is 2.06. The van der Waals surface area contributed by atoms with Crippen LogP contribution < -0.4 is 17.0 Å². The Morgan fingerprint density at radius 2 is 1.88 bits per heavy atom. The van der Waals surface area contributed by atoms with Gasteiger partial charge in [0.25, 0.3) is 5.56 Å². The summed E-state index contributed by atoms with van der Waals surface area (Å²) in [6, 6.07) is 10.5. The minimum atomic E-state index is -0.438. The van der Waals surface area contributed by atoms with Crippen molar-refractivity contribution in [3.05, 3.63) is 62.9 Å². The molecule has 0 aliphatic carbocycles. The van der Waals surface area contributed by atoms with Crippen molar-refractivity contribution in [2.24, 2.45) is 5.73 Å². The van der Waals surface area contributed by atoms with E-state index in [4.69, 9.17) is 5.73 Å². The van der Waals surface area contributed by atoms with Crippen LogP contribution in [0.15, 0.2) is 46.0 Å². The van der Waals surface area contributed by atoms with E-state index in [-0.39, 0.29) is 0 Å². The highest BCUT2D eigenvalue weighted by molar-refractivity contribution is 5.33. The Labute approximate surface area is 97.5 Å². The first-order valence-corrected chi connectivity index (χ1v) is 5.33. The van der Waals surface area contributed by atoms with Crippen LogP contribution in [0, 0.1) is 0 Å². The number of benzene rings is 1. The van der Waals surface area contributed by atoms with Gasteiger partial charge in [0.15, 0.2) is 0 Å². The molecule has 0 unspecified atom stereocenters. The molecule has 0 aliphatic heterocycles. The Morgan fingerprint density at radius 3 is 2.53 bits per heavy atom. The van der Waals surface area contributed by atoms with Crippen LogP contribution in [0.25, 0.3) is 5.69 Å². The van der Waals surface area contributed by atoms with Gasteiger partial charge in [0.05, 0.1) is 5.69 Å². The average molecular weight is 231 g/mol. The number of rotatable bonds is 3. The van der Waals surface area contributed by atoms with Crippen LogP contribution in [0.2, 0.25) is 0 Å². The zero-order valence-electron chi connectivity index (χ0n) is 9.22. The van der Waals surface area contributed by atoms with Crippen LogP contribution >= 0.6 is 0 Å². The summed E-state index contributed by atoms with van der Waals surface area (Å²) in [5, 5.41) is 0. The molecule has 0 fully saturated rings. The highest BCUT2D eigenvalue weighted by Gasteiger charge is 2.06. The molecule has 2 rings (SSSR count). The second-order valence-corrected chi connectivity index (χ2v) is 3.64. The number of hydrogen-bond donors (Lipinski definition) is 2. The Bertz CT molecular complexity index is 614. The van der Waals surface area contributed by atoms with Crippen molar-refractivity contribution in [2.45, 2.75) is 6.42 Å².